The highest BCUT2D eigenvalue weighted by Crippen LogP contribution is 2.19. The predicted octanol–water partition coefficient (Wildman–Crippen LogP) is 2.03. The van der Waals surface area contributed by atoms with Crippen LogP contribution in [-0.4, -0.2) is 37.5 Å². The average Bonchev–Trinajstić information content (AvgIpc) is 2.97. The number of carbonyl (C=O) groups is 1. The van der Waals surface area contributed by atoms with Crippen LogP contribution in [-0.2, 0) is 4.79 Å². The zero-order valence-electron chi connectivity index (χ0n) is 14.2. The van der Waals surface area contributed by atoms with Crippen molar-refractivity contribution in [3.63, 3.8) is 0 Å². The summed E-state index contributed by atoms with van der Waals surface area (Å²) >= 11 is 1.19. The van der Waals surface area contributed by atoms with Gasteiger partial charge in [0.05, 0.1) is 17.6 Å². The molecule has 0 radical (unpaired) electrons. The fraction of sp³-hybridized carbons (Fsp3) is 0.294. The van der Waals surface area contributed by atoms with Crippen LogP contribution >= 0.6 is 11.8 Å². The standard InChI is InChI=1S/C17H19N5O2S/c1-10(2)19-14(23)9-25-17-20-15-12(16(24)21-17)8-18-22(15)13-7-5-4-6-11(13)3/h4-8,10H,9H2,1-3H3,(H,19,23)(H,20,21,24). The van der Waals surface area contributed by atoms with Crippen LogP contribution in [0.4, 0.5) is 0 Å². The van der Waals surface area contributed by atoms with Gasteiger partial charge in [-0.2, -0.15) is 5.10 Å². The average molecular weight is 357 g/mol. The molecule has 3 rings (SSSR count). The molecule has 0 atom stereocenters. The van der Waals surface area contributed by atoms with Crippen LogP contribution in [0.2, 0.25) is 0 Å². The molecule has 1 aromatic carbocycles. The van der Waals surface area contributed by atoms with Crippen LogP contribution in [0.15, 0.2) is 40.4 Å². The molecular formula is C17H19N5O2S. The fourth-order valence-corrected chi connectivity index (χ4v) is 3.11. The summed E-state index contributed by atoms with van der Waals surface area (Å²) in [5.41, 5.74) is 2.10. The summed E-state index contributed by atoms with van der Waals surface area (Å²) in [4.78, 5) is 31.3. The van der Waals surface area contributed by atoms with Crippen LogP contribution in [0.5, 0.6) is 0 Å². The van der Waals surface area contributed by atoms with E-state index in [0.717, 1.165) is 11.3 Å². The highest BCUT2D eigenvalue weighted by molar-refractivity contribution is 7.99. The lowest BCUT2D eigenvalue weighted by molar-refractivity contribution is -0.119. The first-order chi connectivity index (χ1) is 12.0. The maximum Gasteiger partial charge on any atom is 0.262 e. The Morgan fingerprint density at radius 3 is 2.84 bits per heavy atom. The second-order valence-corrected chi connectivity index (χ2v) is 6.93. The molecule has 2 aromatic heterocycles. The molecule has 2 N–H and O–H groups in total. The molecule has 7 nitrogen and oxygen atoms in total. The predicted molar refractivity (Wildman–Crippen MR) is 98.2 cm³/mol. The Kier molecular flexibility index (Phi) is 4.89. The zero-order chi connectivity index (χ0) is 18.0. The molecule has 1 amide bonds. The molecule has 0 bridgehead atoms. The highest BCUT2D eigenvalue weighted by atomic mass is 32.2. The minimum Gasteiger partial charge on any atom is -0.353 e. The number of para-hydroxylation sites is 1. The minimum absolute atomic E-state index is 0.0741. The van der Waals surface area contributed by atoms with E-state index in [1.54, 1.807) is 4.68 Å². The van der Waals surface area contributed by atoms with Crippen molar-refractivity contribution in [2.24, 2.45) is 0 Å². The third-order valence-corrected chi connectivity index (χ3v) is 4.42. The van der Waals surface area contributed by atoms with Crippen molar-refractivity contribution < 1.29 is 4.79 Å². The van der Waals surface area contributed by atoms with Crippen molar-refractivity contribution in [1.29, 1.82) is 0 Å². The summed E-state index contributed by atoms with van der Waals surface area (Å²) in [6.45, 7) is 5.77. The maximum atomic E-state index is 12.3. The second kappa shape index (κ2) is 7.10. The first-order valence-electron chi connectivity index (χ1n) is 7.92. The molecule has 2 heterocycles. The number of fused-ring (bicyclic) bond motifs is 1. The molecule has 0 aliphatic rings. The largest absolute Gasteiger partial charge is 0.353 e. The van der Waals surface area contributed by atoms with E-state index in [0.29, 0.717) is 16.2 Å². The zero-order valence-corrected chi connectivity index (χ0v) is 15.1. The van der Waals surface area contributed by atoms with Gasteiger partial charge in [0, 0.05) is 6.04 Å². The van der Waals surface area contributed by atoms with Gasteiger partial charge in [0.25, 0.3) is 5.56 Å². The van der Waals surface area contributed by atoms with Crippen LogP contribution < -0.4 is 10.9 Å². The van der Waals surface area contributed by atoms with Crippen LogP contribution in [0.25, 0.3) is 16.7 Å². The lowest BCUT2D eigenvalue weighted by Crippen LogP contribution is -2.31. The Morgan fingerprint density at radius 2 is 2.12 bits per heavy atom. The van der Waals surface area contributed by atoms with Crippen LogP contribution in [0, 0.1) is 6.92 Å². The van der Waals surface area contributed by atoms with E-state index >= 15 is 0 Å². The molecular weight excluding hydrogens is 338 g/mol. The lowest BCUT2D eigenvalue weighted by atomic mass is 10.2. The molecule has 0 aliphatic carbocycles. The van der Waals surface area contributed by atoms with Gasteiger partial charge in [-0.05, 0) is 32.4 Å². The number of rotatable bonds is 5. The fourth-order valence-electron chi connectivity index (χ4n) is 2.44. The van der Waals surface area contributed by atoms with Crippen molar-refractivity contribution in [3.8, 4) is 5.69 Å². The number of aromatic nitrogens is 4. The van der Waals surface area contributed by atoms with Gasteiger partial charge in [-0.1, -0.05) is 30.0 Å². The first-order valence-corrected chi connectivity index (χ1v) is 8.90. The van der Waals surface area contributed by atoms with Gasteiger partial charge >= 0.3 is 0 Å². The molecule has 0 saturated carbocycles. The smallest absolute Gasteiger partial charge is 0.262 e. The number of amides is 1. The summed E-state index contributed by atoms with van der Waals surface area (Å²) in [5.74, 6) is 0.0839. The van der Waals surface area contributed by atoms with Gasteiger partial charge in [-0.25, -0.2) is 9.67 Å². The summed E-state index contributed by atoms with van der Waals surface area (Å²) in [6, 6.07) is 7.83. The number of aryl methyl sites for hydroxylation is 1. The normalized spacial score (nSPS) is 11.2. The third-order valence-electron chi connectivity index (χ3n) is 3.55. The SMILES string of the molecule is Cc1ccccc1-n1ncc2c(=O)[nH]c(SCC(=O)NC(C)C)nc21. The summed E-state index contributed by atoms with van der Waals surface area (Å²) in [5, 5.41) is 7.93. The van der Waals surface area contributed by atoms with E-state index in [1.807, 2.05) is 45.0 Å². The molecule has 3 aromatic rings. The molecule has 8 heteroatoms. The number of thioether (sulfide) groups is 1. The van der Waals surface area contributed by atoms with E-state index in [-0.39, 0.29) is 23.3 Å². The second-order valence-electron chi connectivity index (χ2n) is 5.96. The van der Waals surface area contributed by atoms with Crippen LogP contribution in [0.3, 0.4) is 0 Å². The molecule has 0 unspecified atom stereocenters. The quantitative estimate of drug-likeness (QED) is 0.538. The molecule has 130 valence electrons. The summed E-state index contributed by atoms with van der Waals surface area (Å²) < 4.78 is 1.65. The topological polar surface area (TPSA) is 92.7 Å². The van der Waals surface area contributed by atoms with Crippen molar-refractivity contribution in [3.05, 3.63) is 46.4 Å². The van der Waals surface area contributed by atoms with Crippen molar-refractivity contribution in [2.45, 2.75) is 32.0 Å². The lowest BCUT2D eigenvalue weighted by Gasteiger charge is -2.08. The van der Waals surface area contributed by atoms with E-state index < -0.39 is 0 Å². The van der Waals surface area contributed by atoms with E-state index in [4.69, 9.17) is 0 Å². The maximum absolute atomic E-state index is 12.3. The number of H-pyrrole nitrogens is 1. The monoisotopic (exact) mass is 357 g/mol. The Morgan fingerprint density at radius 1 is 1.36 bits per heavy atom. The number of nitrogens with zero attached hydrogens (tertiary/aromatic N) is 3. The number of nitrogens with one attached hydrogen (secondary N) is 2. The number of carbonyl (C=O) groups excluding carboxylic acids is 1. The summed E-state index contributed by atoms with van der Waals surface area (Å²) in [6.07, 6.45) is 1.51. The number of aromatic amines is 1. The number of hydrogen-bond acceptors (Lipinski definition) is 5. The third kappa shape index (κ3) is 3.74. The Labute approximate surface area is 148 Å². The van der Waals surface area contributed by atoms with E-state index in [9.17, 15) is 9.59 Å². The van der Waals surface area contributed by atoms with Gasteiger partial charge in [0.15, 0.2) is 10.8 Å². The van der Waals surface area contributed by atoms with Gasteiger partial charge in [0.2, 0.25) is 5.91 Å². The molecule has 0 aliphatic heterocycles. The van der Waals surface area contributed by atoms with Crippen molar-refractivity contribution in [2.75, 3.05) is 5.75 Å². The number of benzene rings is 1. The summed E-state index contributed by atoms with van der Waals surface area (Å²) in [7, 11) is 0. The van der Waals surface area contributed by atoms with Gasteiger partial charge in [0.1, 0.15) is 5.39 Å². The minimum atomic E-state index is -0.267. The molecule has 25 heavy (non-hydrogen) atoms. The van der Waals surface area contributed by atoms with Crippen molar-refractivity contribution in [1.82, 2.24) is 25.1 Å². The van der Waals surface area contributed by atoms with Gasteiger partial charge in [-0.3, -0.25) is 9.59 Å². The van der Waals surface area contributed by atoms with Crippen molar-refractivity contribution >= 4 is 28.7 Å². The Bertz CT molecular complexity index is 977. The first kappa shape index (κ1) is 17.2. The van der Waals surface area contributed by atoms with Crippen LogP contribution in [0.1, 0.15) is 19.4 Å². The van der Waals surface area contributed by atoms with Gasteiger partial charge in [-0.15, -0.1) is 0 Å². The molecule has 0 saturated heterocycles. The molecule has 0 fully saturated rings. The Balaban J connectivity index is 1.95. The van der Waals surface area contributed by atoms with Gasteiger partial charge < -0.3 is 10.3 Å². The highest BCUT2D eigenvalue weighted by Gasteiger charge is 2.14. The van der Waals surface area contributed by atoms with E-state index in [2.05, 4.69) is 20.4 Å². The van der Waals surface area contributed by atoms with E-state index in [1.165, 1.54) is 18.0 Å². The Hall–Kier alpha value is -2.61. The molecule has 0 spiro atoms. The number of hydrogen-bond donors (Lipinski definition) is 2.